The molecule has 0 aromatic carbocycles. The molecular formula is C8H9OW-. The zero-order chi connectivity index (χ0) is 8.15. The van der Waals surface area contributed by atoms with E-state index in [0.29, 0.717) is 5.57 Å². The average molecular weight is 305 g/mol. The molecule has 0 bridgehead atoms. The predicted octanol–water partition coefficient (Wildman–Crippen LogP) is 1.23. The SMILES string of the molecule is [CH-]=C/C(=C\[C](C)=[W])C(C)=O. The van der Waals surface area contributed by atoms with Crippen molar-refractivity contribution in [3.05, 3.63) is 24.3 Å². The van der Waals surface area contributed by atoms with E-state index in [0.717, 1.165) is 3.90 Å². The van der Waals surface area contributed by atoms with Crippen LogP contribution in [-0.4, -0.2) is 9.68 Å². The zero-order valence-electron chi connectivity index (χ0n) is 6.05. The van der Waals surface area contributed by atoms with Gasteiger partial charge in [0.1, 0.15) is 0 Å². The summed E-state index contributed by atoms with van der Waals surface area (Å²) in [5, 5.41) is 0. The summed E-state index contributed by atoms with van der Waals surface area (Å²) in [6.07, 6.45) is 3.15. The molecule has 0 fully saturated rings. The maximum absolute atomic E-state index is 10.7. The molecule has 0 aromatic heterocycles. The van der Waals surface area contributed by atoms with Crippen LogP contribution in [0.25, 0.3) is 0 Å². The van der Waals surface area contributed by atoms with Gasteiger partial charge in [0.2, 0.25) is 0 Å². The molecule has 10 heavy (non-hydrogen) atoms. The number of hydrogen-bond acceptors (Lipinski definition) is 1. The van der Waals surface area contributed by atoms with Gasteiger partial charge >= 0.3 is 72.0 Å². The molecule has 0 aliphatic heterocycles. The molecule has 0 saturated heterocycles. The second-order valence-corrected chi connectivity index (χ2v) is 4.25. The Labute approximate surface area is 72.2 Å². The molecule has 0 spiro atoms. The zero-order valence-corrected chi connectivity index (χ0v) is 8.98. The van der Waals surface area contributed by atoms with E-state index in [4.69, 9.17) is 6.58 Å². The minimum absolute atomic E-state index is 0.0168. The van der Waals surface area contributed by atoms with Gasteiger partial charge in [0.05, 0.1) is 0 Å². The summed E-state index contributed by atoms with van der Waals surface area (Å²) >= 11 is 1.36. The monoisotopic (exact) mass is 305 g/mol. The molecule has 0 aliphatic rings. The Morgan fingerprint density at radius 3 is 2.10 bits per heavy atom. The summed E-state index contributed by atoms with van der Waals surface area (Å²) in [7, 11) is 0. The Morgan fingerprint density at radius 1 is 1.50 bits per heavy atom. The van der Waals surface area contributed by atoms with Crippen LogP contribution in [0.1, 0.15) is 13.8 Å². The standard InChI is InChI=1S/C8H9O.W/c1-4-6-8(5-2)7(3)9;/h2,5-6H,1,3H3;/q-1;/b8-6+;. The molecule has 0 heterocycles. The first-order valence-electron chi connectivity index (χ1n) is 2.86. The van der Waals surface area contributed by atoms with Crippen molar-refractivity contribution in [3.8, 4) is 0 Å². The van der Waals surface area contributed by atoms with Crippen LogP contribution in [0.15, 0.2) is 17.7 Å². The van der Waals surface area contributed by atoms with Crippen LogP contribution in [0.4, 0.5) is 0 Å². The van der Waals surface area contributed by atoms with Crippen LogP contribution in [0.3, 0.4) is 0 Å². The van der Waals surface area contributed by atoms with Crippen LogP contribution in [-0.2, 0) is 24.1 Å². The van der Waals surface area contributed by atoms with Gasteiger partial charge in [-0.05, 0) is 0 Å². The van der Waals surface area contributed by atoms with E-state index in [9.17, 15) is 4.79 Å². The van der Waals surface area contributed by atoms with Crippen molar-refractivity contribution in [1.29, 1.82) is 0 Å². The molecule has 0 atom stereocenters. The van der Waals surface area contributed by atoms with E-state index in [1.54, 1.807) is 6.08 Å². The maximum atomic E-state index is 10.7. The van der Waals surface area contributed by atoms with Gasteiger partial charge in [-0.2, -0.15) is 0 Å². The number of rotatable bonds is 3. The van der Waals surface area contributed by atoms with Crippen LogP contribution in [0, 0.1) is 6.58 Å². The van der Waals surface area contributed by atoms with E-state index in [2.05, 4.69) is 0 Å². The Morgan fingerprint density at radius 2 is 2.00 bits per heavy atom. The summed E-state index contributed by atoms with van der Waals surface area (Å²) in [5.74, 6) is 0.0168. The number of allylic oxidation sites excluding steroid dienone is 3. The molecule has 0 N–H and O–H groups in total. The van der Waals surface area contributed by atoms with Crippen molar-refractivity contribution < 1.29 is 24.1 Å². The third-order valence-electron chi connectivity index (χ3n) is 0.945. The molecule has 0 radical (unpaired) electrons. The summed E-state index contributed by atoms with van der Waals surface area (Å²) in [6, 6.07) is 0. The van der Waals surface area contributed by atoms with Gasteiger partial charge in [-0.1, -0.05) is 0 Å². The fraction of sp³-hybridized carbons (Fsp3) is 0.250. The van der Waals surface area contributed by atoms with Crippen LogP contribution in [0.5, 0.6) is 0 Å². The summed E-state index contributed by atoms with van der Waals surface area (Å²) in [5.41, 5.74) is 0.590. The average Bonchev–Trinajstić information content (AvgIpc) is 1.81. The van der Waals surface area contributed by atoms with Crippen LogP contribution >= 0.6 is 0 Å². The van der Waals surface area contributed by atoms with Gasteiger partial charge in [0.15, 0.2) is 0 Å². The summed E-state index contributed by atoms with van der Waals surface area (Å²) in [4.78, 5) is 10.7. The normalized spacial score (nSPS) is 10.8. The van der Waals surface area contributed by atoms with E-state index >= 15 is 0 Å². The number of Topliss-reactive ketones (excluding diaryl/α,β-unsaturated/α-hetero) is 1. The topological polar surface area (TPSA) is 17.1 Å². The first-order valence-corrected chi connectivity index (χ1v) is 4.32. The van der Waals surface area contributed by atoms with Crippen molar-refractivity contribution in [2.45, 2.75) is 13.8 Å². The van der Waals surface area contributed by atoms with Crippen LogP contribution in [0.2, 0.25) is 0 Å². The third-order valence-corrected chi connectivity index (χ3v) is 1.37. The summed E-state index contributed by atoms with van der Waals surface area (Å²) in [6.45, 7) is 8.67. The van der Waals surface area contributed by atoms with Crippen LogP contribution < -0.4 is 0 Å². The molecule has 0 unspecified atom stereocenters. The molecule has 0 amide bonds. The van der Waals surface area contributed by atoms with E-state index in [1.807, 2.05) is 6.92 Å². The minimum atomic E-state index is 0.0168. The van der Waals surface area contributed by atoms with Gasteiger partial charge in [0, 0.05) is 0 Å². The third kappa shape index (κ3) is 3.68. The summed E-state index contributed by atoms with van der Waals surface area (Å²) < 4.78 is 1.16. The first kappa shape index (κ1) is 9.71. The van der Waals surface area contributed by atoms with Crippen molar-refractivity contribution in [2.75, 3.05) is 0 Å². The van der Waals surface area contributed by atoms with Crippen molar-refractivity contribution in [2.24, 2.45) is 0 Å². The predicted molar refractivity (Wildman–Crippen MR) is 38.3 cm³/mol. The number of hydrogen-bond donors (Lipinski definition) is 0. The second kappa shape index (κ2) is 4.51. The Bertz CT molecular complexity index is 201. The molecule has 0 aliphatic carbocycles. The fourth-order valence-electron chi connectivity index (χ4n) is 0.486. The molecular weight excluding hydrogens is 296 g/mol. The van der Waals surface area contributed by atoms with Crippen molar-refractivity contribution >= 4 is 9.68 Å². The number of carbonyl (C=O) groups is 1. The van der Waals surface area contributed by atoms with Gasteiger partial charge in [-0.25, -0.2) is 0 Å². The Hall–Kier alpha value is -0.292. The molecule has 0 aromatic rings. The first-order chi connectivity index (χ1) is 4.57. The molecule has 54 valence electrons. The fourth-order valence-corrected chi connectivity index (χ4v) is 0.942. The molecule has 0 saturated carbocycles. The van der Waals surface area contributed by atoms with E-state index in [1.165, 1.54) is 32.4 Å². The quantitative estimate of drug-likeness (QED) is 0.435. The van der Waals surface area contributed by atoms with Gasteiger partial charge in [-0.3, -0.25) is 0 Å². The van der Waals surface area contributed by atoms with Gasteiger partial charge in [0.25, 0.3) is 0 Å². The molecule has 2 heteroatoms. The van der Waals surface area contributed by atoms with E-state index < -0.39 is 0 Å². The number of ketones is 1. The Kier molecular flexibility index (Phi) is 4.38. The molecule has 1 nitrogen and oxygen atoms in total. The number of carbonyl (C=O) groups excluding carboxylic acids is 1. The van der Waals surface area contributed by atoms with E-state index in [-0.39, 0.29) is 5.78 Å². The van der Waals surface area contributed by atoms with Gasteiger partial charge < -0.3 is 0 Å². The Balaban J connectivity index is 4.49. The second-order valence-electron chi connectivity index (χ2n) is 1.93. The van der Waals surface area contributed by atoms with Gasteiger partial charge in [-0.15, -0.1) is 0 Å². The van der Waals surface area contributed by atoms with Crippen molar-refractivity contribution in [3.63, 3.8) is 0 Å². The molecule has 0 rings (SSSR count). The van der Waals surface area contributed by atoms with Crippen molar-refractivity contribution in [1.82, 2.24) is 0 Å².